The summed E-state index contributed by atoms with van der Waals surface area (Å²) in [4.78, 5) is 2.58. The molecular formula is C20H30N2O. The molecule has 2 N–H and O–H groups in total. The van der Waals surface area contributed by atoms with Gasteiger partial charge >= 0.3 is 0 Å². The largest absolute Gasteiger partial charge is 0.391 e. The van der Waals surface area contributed by atoms with Gasteiger partial charge in [0.25, 0.3) is 0 Å². The summed E-state index contributed by atoms with van der Waals surface area (Å²) in [5.41, 5.74) is 1.49. The van der Waals surface area contributed by atoms with Crippen LogP contribution in [-0.2, 0) is 0 Å². The van der Waals surface area contributed by atoms with Gasteiger partial charge in [-0.1, -0.05) is 30.3 Å². The van der Waals surface area contributed by atoms with Crippen LogP contribution >= 0.6 is 0 Å². The molecule has 2 saturated heterocycles. The highest BCUT2D eigenvalue weighted by atomic mass is 16.3. The lowest BCUT2D eigenvalue weighted by Crippen LogP contribution is -2.57. The molecule has 1 aliphatic carbocycles. The van der Waals surface area contributed by atoms with Crippen LogP contribution < -0.4 is 5.32 Å². The van der Waals surface area contributed by atoms with Crippen molar-refractivity contribution in [2.75, 3.05) is 19.6 Å². The Morgan fingerprint density at radius 3 is 2.57 bits per heavy atom. The van der Waals surface area contributed by atoms with Crippen LogP contribution in [0.4, 0.5) is 0 Å². The number of likely N-dealkylation sites (tertiary alicyclic amines) is 1. The maximum Gasteiger partial charge on any atom is 0.0699 e. The fourth-order valence-corrected chi connectivity index (χ4v) is 5.14. The summed E-state index contributed by atoms with van der Waals surface area (Å²) in [6.07, 6.45) is 7.06. The van der Waals surface area contributed by atoms with Gasteiger partial charge in [-0.2, -0.15) is 0 Å². The van der Waals surface area contributed by atoms with E-state index in [9.17, 15) is 5.11 Å². The second kappa shape index (κ2) is 6.92. The zero-order valence-electron chi connectivity index (χ0n) is 14.0. The van der Waals surface area contributed by atoms with E-state index >= 15 is 0 Å². The van der Waals surface area contributed by atoms with E-state index < -0.39 is 0 Å². The second-order valence-corrected chi connectivity index (χ2v) is 7.79. The van der Waals surface area contributed by atoms with Crippen LogP contribution in [0.1, 0.15) is 50.0 Å². The van der Waals surface area contributed by atoms with Crippen molar-refractivity contribution in [2.24, 2.45) is 5.92 Å². The first-order valence-electron chi connectivity index (χ1n) is 9.51. The van der Waals surface area contributed by atoms with Crippen LogP contribution in [0.3, 0.4) is 0 Å². The third-order valence-electron chi connectivity index (χ3n) is 6.48. The molecule has 3 aliphatic rings. The van der Waals surface area contributed by atoms with Gasteiger partial charge in [0.15, 0.2) is 0 Å². The zero-order valence-corrected chi connectivity index (χ0v) is 14.0. The number of hydrogen-bond donors (Lipinski definition) is 2. The van der Waals surface area contributed by atoms with Gasteiger partial charge in [-0.25, -0.2) is 0 Å². The maximum absolute atomic E-state index is 10.7. The Morgan fingerprint density at radius 2 is 1.78 bits per heavy atom. The molecule has 2 heterocycles. The van der Waals surface area contributed by atoms with Gasteiger partial charge < -0.3 is 10.4 Å². The summed E-state index contributed by atoms with van der Waals surface area (Å²) >= 11 is 0. The predicted octanol–water partition coefficient (Wildman–Crippen LogP) is 2.76. The summed E-state index contributed by atoms with van der Waals surface area (Å²) in [5.74, 6) is 1.41. The molecule has 4 atom stereocenters. The number of rotatable bonds is 2. The number of hydrogen-bond acceptors (Lipinski definition) is 3. The highest BCUT2D eigenvalue weighted by molar-refractivity contribution is 5.20. The molecule has 126 valence electrons. The molecule has 0 radical (unpaired) electrons. The monoisotopic (exact) mass is 314 g/mol. The molecule has 1 aromatic carbocycles. The van der Waals surface area contributed by atoms with Gasteiger partial charge in [0.1, 0.15) is 0 Å². The van der Waals surface area contributed by atoms with Crippen molar-refractivity contribution in [1.29, 1.82) is 0 Å². The van der Waals surface area contributed by atoms with Gasteiger partial charge in [-0.05, 0) is 75.6 Å². The molecule has 0 bridgehead atoms. The van der Waals surface area contributed by atoms with Gasteiger partial charge in [-0.15, -0.1) is 0 Å². The van der Waals surface area contributed by atoms with Crippen molar-refractivity contribution in [3.8, 4) is 0 Å². The number of fused-ring (bicyclic) bond motifs is 1. The summed E-state index contributed by atoms with van der Waals surface area (Å²) in [5, 5.41) is 14.4. The first kappa shape index (κ1) is 15.6. The van der Waals surface area contributed by atoms with Crippen LogP contribution in [0.2, 0.25) is 0 Å². The number of benzene rings is 1. The molecule has 3 nitrogen and oxygen atoms in total. The molecule has 1 saturated carbocycles. The average molecular weight is 314 g/mol. The zero-order chi connectivity index (χ0) is 15.6. The number of nitrogens with one attached hydrogen (secondary N) is 1. The Balaban J connectivity index is 1.36. The lowest BCUT2D eigenvalue weighted by atomic mass is 9.75. The van der Waals surface area contributed by atoms with Crippen LogP contribution in [0.5, 0.6) is 0 Å². The van der Waals surface area contributed by atoms with Crippen molar-refractivity contribution in [3.05, 3.63) is 35.9 Å². The second-order valence-electron chi connectivity index (χ2n) is 7.79. The van der Waals surface area contributed by atoms with E-state index in [1.165, 1.54) is 37.8 Å². The van der Waals surface area contributed by atoms with E-state index in [1.807, 2.05) is 0 Å². The van der Waals surface area contributed by atoms with E-state index in [1.54, 1.807) is 0 Å². The molecule has 3 fully saturated rings. The SMILES string of the molecule is OC1CC2CCCNC2CC1N1CCC(c2ccccc2)CC1. The summed E-state index contributed by atoms with van der Waals surface area (Å²) in [6, 6.07) is 12.0. The fourth-order valence-electron chi connectivity index (χ4n) is 5.14. The Bertz CT molecular complexity index is 498. The highest BCUT2D eigenvalue weighted by Gasteiger charge is 2.40. The quantitative estimate of drug-likeness (QED) is 0.881. The maximum atomic E-state index is 10.7. The predicted molar refractivity (Wildman–Crippen MR) is 93.5 cm³/mol. The third kappa shape index (κ3) is 3.33. The number of piperidine rings is 2. The van der Waals surface area contributed by atoms with Gasteiger partial charge in [0, 0.05) is 12.1 Å². The molecule has 0 amide bonds. The van der Waals surface area contributed by atoms with Gasteiger partial charge in [0.05, 0.1) is 6.10 Å². The molecule has 1 aromatic rings. The van der Waals surface area contributed by atoms with E-state index in [0.29, 0.717) is 23.9 Å². The van der Waals surface area contributed by atoms with E-state index in [-0.39, 0.29) is 6.10 Å². The first-order chi connectivity index (χ1) is 11.3. The summed E-state index contributed by atoms with van der Waals surface area (Å²) < 4.78 is 0. The van der Waals surface area contributed by atoms with Crippen LogP contribution in [0.25, 0.3) is 0 Å². The molecule has 23 heavy (non-hydrogen) atoms. The van der Waals surface area contributed by atoms with Crippen molar-refractivity contribution in [3.63, 3.8) is 0 Å². The van der Waals surface area contributed by atoms with Gasteiger partial charge in [-0.3, -0.25) is 4.90 Å². The number of aliphatic hydroxyl groups is 1. The van der Waals surface area contributed by atoms with Crippen molar-refractivity contribution >= 4 is 0 Å². The number of nitrogens with zero attached hydrogens (tertiary/aromatic N) is 1. The van der Waals surface area contributed by atoms with Crippen molar-refractivity contribution < 1.29 is 5.11 Å². The summed E-state index contributed by atoms with van der Waals surface area (Å²) in [7, 11) is 0. The topological polar surface area (TPSA) is 35.5 Å². The van der Waals surface area contributed by atoms with Crippen molar-refractivity contribution in [2.45, 2.75) is 62.6 Å². The molecular weight excluding hydrogens is 284 g/mol. The highest BCUT2D eigenvalue weighted by Crippen LogP contribution is 2.36. The van der Waals surface area contributed by atoms with Crippen LogP contribution in [-0.4, -0.2) is 47.8 Å². The van der Waals surface area contributed by atoms with E-state index in [4.69, 9.17) is 0 Å². The normalized spacial score (nSPS) is 36.6. The molecule has 2 aliphatic heterocycles. The lowest BCUT2D eigenvalue weighted by Gasteiger charge is -2.48. The third-order valence-corrected chi connectivity index (χ3v) is 6.48. The van der Waals surface area contributed by atoms with Gasteiger partial charge in [0.2, 0.25) is 0 Å². The Labute approximate surface area is 140 Å². The lowest BCUT2D eigenvalue weighted by molar-refractivity contribution is -0.0258. The molecule has 0 spiro atoms. The Hall–Kier alpha value is -0.900. The summed E-state index contributed by atoms with van der Waals surface area (Å²) in [6.45, 7) is 3.44. The van der Waals surface area contributed by atoms with Crippen LogP contribution in [0.15, 0.2) is 30.3 Å². The smallest absolute Gasteiger partial charge is 0.0699 e. The molecule has 4 rings (SSSR count). The first-order valence-corrected chi connectivity index (χ1v) is 9.51. The van der Waals surface area contributed by atoms with Crippen LogP contribution in [0, 0.1) is 5.92 Å². The Morgan fingerprint density at radius 1 is 1.00 bits per heavy atom. The minimum Gasteiger partial charge on any atom is -0.391 e. The van der Waals surface area contributed by atoms with E-state index in [0.717, 1.165) is 25.9 Å². The van der Waals surface area contributed by atoms with Crippen molar-refractivity contribution in [1.82, 2.24) is 10.2 Å². The van der Waals surface area contributed by atoms with E-state index in [2.05, 4.69) is 40.5 Å². The average Bonchev–Trinajstić information content (AvgIpc) is 2.62. The minimum atomic E-state index is -0.121. The molecule has 4 unspecified atom stereocenters. The molecule has 3 heteroatoms. The molecule has 0 aromatic heterocycles. The number of aliphatic hydroxyl groups excluding tert-OH is 1. The minimum absolute atomic E-state index is 0.121. The standard InChI is InChI=1S/C20H30N2O/c23-20-13-17-7-4-10-21-18(17)14-19(20)22-11-8-16(9-12-22)15-5-2-1-3-6-15/h1-3,5-6,16-21,23H,4,7-14H2. The Kier molecular flexibility index (Phi) is 4.70. The fraction of sp³-hybridized carbons (Fsp3) is 0.700.